The molecule has 0 aromatic rings. The molecule has 0 unspecified atom stereocenters. The molecule has 1 aliphatic heterocycles. The fourth-order valence-electron chi connectivity index (χ4n) is 3.45. The highest BCUT2D eigenvalue weighted by Gasteiger charge is 2.46. The molecular formula is C13H21NO5. The van der Waals surface area contributed by atoms with Crippen LogP contribution < -0.4 is 5.32 Å². The standard InChI is InChI=1S/C13H21NO5/c1-7-6-9(8-4-3-5-10(8)19-7)11(12(15)16)14-13(17)18-2/h7-11H,3-6H2,1-2H3,(H,14,17)(H,15,16)/t7-,8+,9-,10+,11+/m1/s1. The van der Waals surface area contributed by atoms with Gasteiger partial charge in [-0.25, -0.2) is 9.59 Å². The first-order chi connectivity index (χ1) is 9.02. The van der Waals surface area contributed by atoms with Crippen LogP contribution in [0.1, 0.15) is 32.6 Å². The normalized spacial score (nSPS) is 35.3. The van der Waals surface area contributed by atoms with Crippen molar-refractivity contribution >= 4 is 12.1 Å². The van der Waals surface area contributed by atoms with Gasteiger partial charge >= 0.3 is 12.1 Å². The van der Waals surface area contributed by atoms with Crippen LogP contribution in [-0.2, 0) is 14.3 Å². The first-order valence-electron chi connectivity index (χ1n) is 6.75. The zero-order valence-corrected chi connectivity index (χ0v) is 11.3. The summed E-state index contributed by atoms with van der Waals surface area (Å²) in [6.07, 6.45) is 3.14. The van der Waals surface area contributed by atoms with Gasteiger partial charge in [0.2, 0.25) is 0 Å². The summed E-state index contributed by atoms with van der Waals surface area (Å²) in [6, 6.07) is -0.899. The average Bonchev–Trinajstić information content (AvgIpc) is 2.82. The van der Waals surface area contributed by atoms with Crippen molar-refractivity contribution < 1.29 is 24.2 Å². The predicted molar refractivity (Wildman–Crippen MR) is 66.7 cm³/mol. The van der Waals surface area contributed by atoms with E-state index in [2.05, 4.69) is 10.1 Å². The Bertz CT molecular complexity index is 359. The number of carboxylic acids is 1. The first-order valence-corrected chi connectivity index (χ1v) is 6.75. The number of hydrogen-bond acceptors (Lipinski definition) is 4. The van der Waals surface area contributed by atoms with E-state index in [4.69, 9.17) is 4.74 Å². The Kier molecular flexibility index (Phi) is 4.29. The number of carbonyl (C=O) groups is 2. The highest BCUT2D eigenvalue weighted by atomic mass is 16.5. The number of nitrogens with one attached hydrogen (secondary N) is 1. The third kappa shape index (κ3) is 3.00. The van der Waals surface area contributed by atoms with E-state index in [1.807, 2.05) is 6.92 Å². The number of hydrogen-bond donors (Lipinski definition) is 2. The van der Waals surface area contributed by atoms with Gasteiger partial charge in [0.25, 0.3) is 0 Å². The third-order valence-electron chi connectivity index (χ3n) is 4.22. The molecule has 2 N–H and O–H groups in total. The summed E-state index contributed by atoms with van der Waals surface area (Å²) in [4.78, 5) is 22.7. The quantitative estimate of drug-likeness (QED) is 0.810. The monoisotopic (exact) mass is 271 g/mol. The number of methoxy groups -OCH3 is 1. The van der Waals surface area contributed by atoms with E-state index in [1.165, 1.54) is 7.11 Å². The number of carbonyl (C=O) groups excluding carboxylic acids is 1. The molecule has 2 aliphatic rings. The number of ether oxygens (including phenoxy) is 2. The Balaban J connectivity index is 2.14. The van der Waals surface area contributed by atoms with Crippen molar-refractivity contribution in [3.8, 4) is 0 Å². The average molecular weight is 271 g/mol. The van der Waals surface area contributed by atoms with E-state index in [-0.39, 0.29) is 24.0 Å². The number of alkyl carbamates (subject to hydrolysis) is 1. The van der Waals surface area contributed by atoms with E-state index in [0.717, 1.165) is 19.3 Å². The lowest BCUT2D eigenvalue weighted by Gasteiger charge is -2.40. The van der Waals surface area contributed by atoms with E-state index < -0.39 is 18.1 Å². The summed E-state index contributed by atoms with van der Waals surface area (Å²) in [5.41, 5.74) is 0. The van der Waals surface area contributed by atoms with Crippen LogP contribution in [0.3, 0.4) is 0 Å². The van der Waals surface area contributed by atoms with Crippen molar-refractivity contribution in [2.24, 2.45) is 11.8 Å². The minimum absolute atomic E-state index is 0.0330. The second-order valence-electron chi connectivity index (χ2n) is 5.43. The molecular weight excluding hydrogens is 250 g/mol. The molecule has 108 valence electrons. The van der Waals surface area contributed by atoms with Gasteiger partial charge in [0.05, 0.1) is 19.3 Å². The molecule has 2 fully saturated rings. The van der Waals surface area contributed by atoms with Crippen molar-refractivity contribution in [2.75, 3.05) is 7.11 Å². The molecule has 6 nitrogen and oxygen atoms in total. The lowest BCUT2D eigenvalue weighted by Crippen LogP contribution is -2.52. The maximum absolute atomic E-state index is 11.4. The third-order valence-corrected chi connectivity index (χ3v) is 4.22. The molecule has 0 aromatic heterocycles. The van der Waals surface area contributed by atoms with Gasteiger partial charge in [-0.15, -0.1) is 0 Å². The predicted octanol–water partition coefficient (Wildman–Crippen LogP) is 1.39. The zero-order valence-electron chi connectivity index (χ0n) is 11.3. The van der Waals surface area contributed by atoms with Gasteiger partial charge in [0, 0.05) is 0 Å². The van der Waals surface area contributed by atoms with Crippen molar-refractivity contribution in [1.82, 2.24) is 5.32 Å². The van der Waals surface area contributed by atoms with Gasteiger partial charge in [-0.2, -0.15) is 0 Å². The van der Waals surface area contributed by atoms with Crippen molar-refractivity contribution in [1.29, 1.82) is 0 Å². The minimum Gasteiger partial charge on any atom is -0.480 e. The second-order valence-corrected chi connectivity index (χ2v) is 5.43. The number of amides is 1. The molecule has 0 radical (unpaired) electrons. The Hall–Kier alpha value is -1.30. The lowest BCUT2D eigenvalue weighted by molar-refractivity contribution is -0.146. The Morgan fingerprint density at radius 2 is 2.16 bits per heavy atom. The van der Waals surface area contributed by atoms with Gasteiger partial charge in [0.15, 0.2) is 0 Å². The molecule has 19 heavy (non-hydrogen) atoms. The summed E-state index contributed by atoms with van der Waals surface area (Å²) < 4.78 is 10.4. The number of fused-ring (bicyclic) bond motifs is 1. The highest BCUT2D eigenvalue weighted by Crippen LogP contribution is 2.42. The molecule has 6 heteroatoms. The van der Waals surface area contributed by atoms with Crippen molar-refractivity contribution in [3.63, 3.8) is 0 Å². The van der Waals surface area contributed by atoms with Gasteiger partial charge in [-0.05, 0) is 38.0 Å². The number of rotatable bonds is 3. The topological polar surface area (TPSA) is 84.9 Å². The molecule has 1 amide bonds. The molecule has 1 aliphatic carbocycles. The van der Waals surface area contributed by atoms with Gasteiger partial charge < -0.3 is 19.9 Å². The Morgan fingerprint density at radius 1 is 1.42 bits per heavy atom. The fourth-order valence-corrected chi connectivity index (χ4v) is 3.45. The zero-order chi connectivity index (χ0) is 14.0. The molecule has 1 saturated heterocycles. The molecule has 2 rings (SSSR count). The van der Waals surface area contributed by atoms with E-state index in [0.29, 0.717) is 6.42 Å². The second kappa shape index (κ2) is 5.77. The summed E-state index contributed by atoms with van der Waals surface area (Å²) in [5, 5.41) is 11.8. The van der Waals surface area contributed by atoms with Crippen LogP contribution in [0.15, 0.2) is 0 Å². The first kappa shape index (κ1) is 14.1. The molecule has 1 saturated carbocycles. The van der Waals surface area contributed by atoms with Gasteiger partial charge in [-0.3, -0.25) is 0 Å². The summed E-state index contributed by atoms with van der Waals surface area (Å²) >= 11 is 0. The maximum atomic E-state index is 11.4. The summed E-state index contributed by atoms with van der Waals surface area (Å²) in [5.74, 6) is -0.877. The van der Waals surface area contributed by atoms with Crippen molar-refractivity contribution in [2.45, 2.75) is 50.9 Å². The summed E-state index contributed by atoms with van der Waals surface area (Å²) in [7, 11) is 1.24. The van der Waals surface area contributed by atoms with Crippen LogP contribution in [0.2, 0.25) is 0 Å². The van der Waals surface area contributed by atoms with Crippen LogP contribution in [0.4, 0.5) is 4.79 Å². The smallest absolute Gasteiger partial charge is 0.407 e. The van der Waals surface area contributed by atoms with Crippen LogP contribution >= 0.6 is 0 Å². The van der Waals surface area contributed by atoms with Gasteiger partial charge in [-0.1, -0.05) is 6.42 Å². The largest absolute Gasteiger partial charge is 0.480 e. The summed E-state index contributed by atoms with van der Waals surface area (Å²) in [6.45, 7) is 1.96. The van der Waals surface area contributed by atoms with Gasteiger partial charge in [0.1, 0.15) is 6.04 Å². The van der Waals surface area contributed by atoms with Crippen LogP contribution in [0, 0.1) is 11.8 Å². The van der Waals surface area contributed by atoms with Crippen LogP contribution in [-0.4, -0.2) is 42.5 Å². The Labute approximate surface area is 112 Å². The molecule has 0 aromatic carbocycles. The maximum Gasteiger partial charge on any atom is 0.407 e. The van der Waals surface area contributed by atoms with Crippen LogP contribution in [0.5, 0.6) is 0 Å². The Morgan fingerprint density at radius 3 is 2.79 bits per heavy atom. The van der Waals surface area contributed by atoms with Crippen LogP contribution in [0.25, 0.3) is 0 Å². The highest BCUT2D eigenvalue weighted by molar-refractivity contribution is 5.80. The SMILES string of the molecule is COC(=O)N[C@H](C(=O)O)[C@@H]1C[C@@H](C)O[C@H]2CCC[C@@H]12. The molecule has 0 spiro atoms. The number of carboxylic acid groups (broad SMARTS) is 1. The van der Waals surface area contributed by atoms with Crippen molar-refractivity contribution in [3.05, 3.63) is 0 Å². The minimum atomic E-state index is -1.00. The van der Waals surface area contributed by atoms with E-state index in [9.17, 15) is 14.7 Å². The molecule has 1 heterocycles. The fraction of sp³-hybridized carbons (Fsp3) is 0.846. The molecule has 0 bridgehead atoms. The van der Waals surface area contributed by atoms with E-state index >= 15 is 0 Å². The molecule has 5 atom stereocenters. The number of aliphatic carboxylic acids is 1. The van der Waals surface area contributed by atoms with E-state index in [1.54, 1.807) is 0 Å². The lowest BCUT2D eigenvalue weighted by atomic mass is 9.78.